The monoisotopic (exact) mass is 369 g/mol. The fourth-order valence-electron chi connectivity index (χ4n) is 2.92. The van der Waals surface area contributed by atoms with Gasteiger partial charge in [-0.25, -0.2) is 0 Å². The highest BCUT2D eigenvalue weighted by Crippen LogP contribution is 2.38. The summed E-state index contributed by atoms with van der Waals surface area (Å²) in [6.07, 6.45) is 3.13. The van der Waals surface area contributed by atoms with Gasteiger partial charge in [0.25, 0.3) is 0 Å². The van der Waals surface area contributed by atoms with E-state index in [1.165, 1.54) is 18.2 Å². The van der Waals surface area contributed by atoms with Gasteiger partial charge in [0, 0.05) is 18.3 Å². The lowest BCUT2D eigenvalue weighted by molar-refractivity contribution is -0.383. The standard InChI is InChI=1S/C19H19N3O5/c1-27-15-5-2-13(3-6-15)21-17(8-9-20-10-11-23)19(22(25)26)16-7-4-14(24)12-18(16)21/h2-9,12,20,23-24H,10-11H2,1H3. The van der Waals surface area contributed by atoms with Gasteiger partial charge in [0.1, 0.15) is 17.2 Å². The molecule has 0 spiro atoms. The molecule has 0 bridgehead atoms. The second-order valence-corrected chi connectivity index (χ2v) is 5.74. The Morgan fingerprint density at radius 2 is 2.00 bits per heavy atom. The highest BCUT2D eigenvalue weighted by Gasteiger charge is 2.25. The Morgan fingerprint density at radius 1 is 1.26 bits per heavy atom. The highest BCUT2D eigenvalue weighted by atomic mass is 16.6. The third-order valence-electron chi connectivity index (χ3n) is 4.09. The Bertz CT molecular complexity index is 993. The van der Waals surface area contributed by atoms with Crippen LogP contribution in [0, 0.1) is 10.1 Å². The number of nitrogens with one attached hydrogen (secondary N) is 1. The number of phenols is 1. The van der Waals surface area contributed by atoms with Crippen LogP contribution in [0.15, 0.2) is 48.7 Å². The molecule has 0 aliphatic heterocycles. The molecule has 0 radical (unpaired) electrons. The van der Waals surface area contributed by atoms with E-state index >= 15 is 0 Å². The molecule has 0 saturated heterocycles. The molecule has 8 heteroatoms. The van der Waals surface area contributed by atoms with E-state index < -0.39 is 4.92 Å². The lowest BCUT2D eigenvalue weighted by Crippen LogP contribution is -2.10. The van der Waals surface area contributed by atoms with Crippen molar-refractivity contribution in [1.29, 1.82) is 0 Å². The minimum Gasteiger partial charge on any atom is -0.508 e. The zero-order chi connectivity index (χ0) is 19.4. The average molecular weight is 369 g/mol. The van der Waals surface area contributed by atoms with Crippen molar-refractivity contribution in [2.45, 2.75) is 0 Å². The van der Waals surface area contributed by atoms with Gasteiger partial charge >= 0.3 is 5.69 Å². The lowest BCUT2D eigenvalue weighted by Gasteiger charge is -2.09. The lowest BCUT2D eigenvalue weighted by atomic mass is 10.2. The fourth-order valence-corrected chi connectivity index (χ4v) is 2.92. The van der Waals surface area contributed by atoms with E-state index in [1.54, 1.807) is 48.2 Å². The van der Waals surface area contributed by atoms with Gasteiger partial charge in [0.15, 0.2) is 0 Å². The zero-order valence-corrected chi connectivity index (χ0v) is 14.6. The number of fused-ring (bicyclic) bond motifs is 1. The first kappa shape index (κ1) is 18.3. The third kappa shape index (κ3) is 3.56. The number of ether oxygens (including phenoxy) is 1. The van der Waals surface area contributed by atoms with Gasteiger partial charge in [-0.1, -0.05) is 0 Å². The minimum absolute atomic E-state index is 0.0126. The Labute approximate surface area is 155 Å². The van der Waals surface area contributed by atoms with Crippen LogP contribution in [0.2, 0.25) is 0 Å². The summed E-state index contributed by atoms with van der Waals surface area (Å²) in [5, 5.41) is 33.8. The molecule has 0 amide bonds. The van der Waals surface area contributed by atoms with Crippen LogP contribution in [0.3, 0.4) is 0 Å². The second-order valence-electron chi connectivity index (χ2n) is 5.74. The number of methoxy groups -OCH3 is 1. The van der Waals surface area contributed by atoms with Gasteiger partial charge in [0.2, 0.25) is 0 Å². The van der Waals surface area contributed by atoms with Crippen molar-refractivity contribution in [1.82, 2.24) is 9.88 Å². The predicted molar refractivity (Wildman–Crippen MR) is 102 cm³/mol. The number of nitrogens with zero attached hydrogens (tertiary/aromatic N) is 2. The molecular weight excluding hydrogens is 350 g/mol. The Hall–Kier alpha value is -3.52. The number of aliphatic hydroxyl groups excluding tert-OH is 1. The maximum absolute atomic E-state index is 11.8. The molecule has 8 nitrogen and oxygen atoms in total. The van der Waals surface area contributed by atoms with Crippen molar-refractivity contribution in [3.8, 4) is 17.2 Å². The van der Waals surface area contributed by atoms with E-state index in [4.69, 9.17) is 9.84 Å². The number of aromatic hydroxyl groups is 1. The van der Waals surface area contributed by atoms with Gasteiger partial charge in [-0.3, -0.25) is 10.1 Å². The molecule has 0 fully saturated rings. The number of hydrogen-bond donors (Lipinski definition) is 3. The summed E-state index contributed by atoms with van der Waals surface area (Å²) in [5.41, 5.74) is 1.47. The number of nitro groups is 1. The van der Waals surface area contributed by atoms with E-state index in [9.17, 15) is 15.2 Å². The molecule has 0 atom stereocenters. The summed E-state index contributed by atoms with van der Waals surface area (Å²) in [6.45, 7) is 0.273. The molecule has 0 saturated carbocycles. The molecule has 3 N–H and O–H groups in total. The summed E-state index contributed by atoms with van der Waals surface area (Å²) in [7, 11) is 1.56. The number of aromatic nitrogens is 1. The smallest absolute Gasteiger partial charge is 0.302 e. The van der Waals surface area contributed by atoms with Crippen LogP contribution in [0.5, 0.6) is 11.5 Å². The largest absolute Gasteiger partial charge is 0.508 e. The van der Waals surface area contributed by atoms with Gasteiger partial charge < -0.3 is 24.8 Å². The first-order valence-electron chi connectivity index (χ1n) is 8.24. The molecular formula is C19H19N3O5. The number of phenolic OH excluding ortho intramolecular Hbond substituents is 1. The molecule has 0 unspecified atom stereocenters. The van der Waals surface area contributed by atoms with Gasteiger partial charge in [-0.05, 0) is 48.7 Å². The first-order valence-corrected chi connectivity index (χ1v) is 8.24. The molecule has 2 aromatic carbocycles. The molecule has 140 valence electrons. The summed E-state index contributed by atoms with van der Waals surface area (Å²) in [6, 6.07) is 11.5. The molecule has 0 aliphatic carbocycles. The van der Waals surface area contributed by atoms with Gasteiger partial charge in [-0.15, -0.1) is 0 Å². The van der Waals surface area contributed by atoms with Crippen LogP contribution in [-0.4, -0.2) is 40.0 Å². The van der Waals surface area contributed by atoms with E-state index in [1.807, 2.05) is 0 Å². The van der Waals surface area contributed by atoms with Crippen LogP contribution in [0.4, 0.5) is 5.69 Å². The number of rotatable bonds is 7. The summed E-state index contributed by atoms with van der Waals surface area (Å²) >= 11 is 0. The van der Waals surface area contributed by atoms with E-state index in [2.05, 4.69) is 5.32 Å². The van der Waals surface area contributed by atoms with E-state index in [0.717, 1.165) is 0 Å². The zero-order valence-electron chi connectivity index (χ0n) is 14.6. The molecule has 3 aromatic rings. The van der Waals surface area contributed by atoms with Crippen LogP contribution < -0.4 is 10.1 Å². The van der Waals surface area contributed by atoms with Crippen LogP contribution in [-0.2, 0) is 0 Å². The fraction of sp³-hybridized carbons (Fsp3) is 0.158. The van der Waals surface area contributed by atoms with Gasteiger partial charge in [0.05, 0.1) is 29.5 Å². The van der Waals surface area contributed by atoms with Crippen molar-refractivity contribution in [3.63, 3.8) is 0 Å². The van der Waals surface area contributed by atoms with Crippen molar-refractivity contribution >= 4 is 22.7 Å². The molecule has 0 aliphatic rings. The first-order chi connectivity index (χ1) is 13.1. The highest BCUT2D eigenvalue weighted by molar-refractivity contribution is 5.96. The molecule has 1 aromatic heterocycles. The second kappa shape index (κ2) is 7.79. The topological polar surface area (TPSA) is 110 Å². The number of hydrogen-bond acceptors (Lipinski definition) is 6. The number of benzene rings is 2. The average Bonchev–Trinajstić information content (AvgIpc) is 2.98. The van der Waals surface area contributed by atoms with Crippen molar-refractivity contribution in [2.75, 3.05) is 20.3 Å². The number of aliphatic hydroxyl groups is 1. The minimum atomic E-state index is -0.439. The van der Waals surface area contributed by atoms with Crippen molar-refractivity contribution < 1.29 is 19.9 Å². The Balaban J connectivity index is 2.28. The summed E-state index contributed by atoms with van der Waals surface area (Å²) < 4.78 is 6.87. The normalized spacial score (nSPS) is 11.2. The SMILES string of the molecule is COc1ccc(-n2c(C=CNCCO)c([N+](=O)[O-])c3ccc(O)cc32)cc1. The molecule has 1 heterocycles. The molecule has 27 heavy (non-hydrogen) atoms. The van der Waals surface area contributed by atoms with Crippen LogP contribution in [0.25, 0.3) is 22.7 Å². The third-order valence-corrected chi connectivity index (χ3v) is 4.09. The quantitative estimate of drug-likeness (QED) is 0.336. The van der Waals surface area contributed by atoms with Crippen molar-refractivity contribution in [2.24, 2.45) is 0 Å². The van der Waals surface area contributed by atoms with Crippen LogP contribution >= 0.6 is 0 Å². The van der Waals surface area contributed by atoms with Crippen molar-refractivity contribution in [3.05, 3.63) is 64.5 Å². The van der Waals surface area contributed by atoms with E-state index in [0.29, 0.717) is 34.6 Å². The van der Waals surface area contributed by atoms with Gasteiger partial charge in [-0.2, -0.15) is 0 Å². The summed E-state index contributed by atoms with van der Waals surface area (Å²) in [4.78, 5) is 11.3. The maximum atomic E-state index is 11.8. The Morgan fingerprint density at radius 3 is 2.63 bits per heavy atom. The van der Waals surface area contributed by atoms with E-state index in [-0.39, 0.29) is 18.0 Å². The van der Waals surface area contributed by atoms with Crippen LogP contribution in [0.1, 0.15) is 5.69 Å². The maximum Gasteiger partial charge on any atom is 0.302 e. The molecule has 3 rings (SSSR count). The Kier molecular flexibility index (Phi) is 5.28. The predicted octanol–water partition coefficient (Wildman–Crippen LogP) is 2.81. The summed E-state index contributed by atoms with van der Waals surface area (Å²) in [5.74, 6) is 0.674.